The molecule has 0 saturated heterocycles. The summed E-state index contributed by atoms with van der Waals surface area (Å²) < 4.78 is 17.7. The lowest BCUT2D eigenvalue weighted by atomic mass is 9.70. The van der Waals surface area contributed by atoms with Gasteiger partial charge < -0.3 is 4.57 Å². The summed E-state index contributed by atoms with van der Waals surface area (Å²) in [6.07, 6.45) is 0. The van der Waals surface area contributed by atoms with Crippen molar-refractivity contribution >= 4 is 21.8 Å². The Balaban J connectivity index is 1.43. The quantitative estimate of drug-likeness (QED) is 0.191. The minimum atomic E-state index is -0.384. The monoisotopic (exact) mass is 511 g/mol. The second-order valence-electron chi connectivity index (χ2n) is 11.4. The van der Waals surface area contributed by atoms with Gasteiger partial charge in [-0.15, -0.1) is 0 Å². The molecule has 2 heteroatoms. The Labute approximate surface area is 230 Å². The molecule has 186 valence electrons. The third kappa shape index (κ3) is 2.21. The lowest BCUT2D eigenvalue weighted by Crippen LogP contribution is -2.25. The summed E-state index contributed by atoms with van der Waals surface area (Å²) in [5.41, 5.74) is 15.8. The average Bonchev–Trinajstić information content (AvgIpc) is 3.59. The third-order valence-electron chi connectivity index (χ3n) is 9.68. The molecule has 0 bridgehead atoms. The minimum Gasteiger partial charge on any atom is -0.335 e. The Morgan fingerprint density at radius 2 is 1.10 bits per heavy atom. The van der Waals surface area contributed by atoms with Crippen LogP contribution in [-0.4, -0.2) is 4.57 Å². The van der Waals surface area contributed by atoms with Crippen molar-refractivity contribution in [2.45, 2.75) is 12.0 Å². The fraction of sp³-hybridized carbons (Fsp3) is 0.0526. The molecule has 0 fully saturated rings. The second-order valence-corrected chi connectivity index (χ2v) is 11.4. The van der Waals surface area contributed by atoms with E-state index in [0.717, 1.165) is 34.0 Å². The van der Waals surface area contributed by atoms with Crippen molar-refractivity contribution in [3.63, 3.8) is 0 Å². The van der Waals surface area contributed by atoms with Crippen molar-refractivity contribution in [1.29, 1.82) is 0 Å². The van der Waals surface area contributed by atoms with Crippen molar-refractivity contribution < 1.29 is 4.39 Å². The molecule has 0 atom stereocenters. The number of aromatic nitrogens is 1. The highest BCUT2D eigenvalue weighted by atomic mass is 19.1. The minimum absolute atomic E-state index is 0.186. The fourth-order valence-corrected chi connectivity index (χ4v) is 8.32. The molecule has 0 N–H and O–H groups in total. The van der Waals surface area contributed by atoms with Crippen LogP contribution in [0.5, 0.6) is 0 Å². The molecule has 10 rings (SSSR count). The van der Waals surface area contributed by atoms with Gasteiger partial charge in [-0.05, 0) is 62.2 Å². The van der Waals surface area contributed by atoms with Crippen LogP contribution < -0.4 is 0 Å². The van der Waals surface area contributed by atoms with Crippen molar-refractivity contribution in [2.75, 3.05) is 0 Å². The molecule has 0 saturated carbocycles. The molecule has 2 heterocycles. The molecular weight excluding hydrogens is 489 g/mol. The molecule has 0 amide bonds. The van der Waals surface area contributed by atoms with Crippen LogP contribution >= 0.6 is 0 Å². The summed E-state index contributed by atoms with van der Waals surface area (Å²) in [5.74, 6) is -0.186. The van der Waals surface area contributed by atoms with E-state index in [-0.39, 0.29) is 11.2 Å². The first kappa shape index (κ1) is 20.9. The predicted molar refractivity (Wildman–Crippen MR) is 160 cm³/mol. The number of rotatable bonds is 0. The molecule has 0 unspecified atom stereocenters. The van der Waals surface area contributed by atoms with Crippen LogP contribution in [0.1, 0.15) is 27.8 Å². The molecule has 7 aromatic rings. The van der Waals surface area contributed by atoms with Crippen LogP contribution in [0, 0.1) is 5.82 Å². The van der Waals surface area contributed by atoms with Crippen LogP contribution in [-0.2, 0) is 12.0 Å². The molecule has 2 aliphatic carbocycles. The molecule has 6 aromatic carbocycles. The highest BCUT2D eigenvalue weighted by Crippen LogP contribution is 2.64. The molecular formula is C38H22FN. The first-order valence-corrected chi connectivity index (χ1v) is 13.9. The van der Waals surface area contributed by atoms with E-state index in [1.54, 1.807) is 12.1 Å². The molecule has 3 aliphatic rings. The zero-order valence-corrected chi connectivity index (χ0v) is 21.6. The van der Waals surface area contributed by atoms with Gasteiger partial charge in [-0.1, -0.05) is 109 Å². The Hall–Kier alpha value is -4.95. The lowest BCUT2D eigenvalue weighted by molar-refractivity contribution is 0.630. The van der Waals surface area contributed by atoms with Crippen LogP contribution in [0.2, 0.25) is 0 Å². The lowest BCUT2D eigenvalue weighted by Gasteiger charge is -2.30. The van der Waals surface area contributed by atoms with Crippen LogP contribution in [0.4, 0.5) is 4.39 Å². The largest absolute Gasteiger partial charge is 0.335 e. The van der Waals surface area contributed by atoms with Crippen LogP contribution in [0.15, 0.2) is 121 Å². The Kier molecular flexibility index (Phi) is 3.65. The molecule has 1 aliphatic heterocycles. The zero-order valence-electron chi connectivity index (χ0n) is 21.6. The highest BCUT2D eigenvalue weighted by molar-refractivity contribution is 6.19. The smallest absolute Gasteiger partial charge is 0.124 e. The van der Waals surface area contributed by atoms with Gasteiger partial charge in [0.15, 0.2) is 0 Å². The average molecular weight is 512 g/mol. The number of fused-ring (bicyclic) bond motifs is 16. The number of hydrogen-bond donors (Lipinski definition) is 0. The normalized spacial score (nSPS) is 14.7. The fourth-order valence-electron chi connectivity index (χ4n) is 8.32. The van der Waals surface area contributed by atoms with Gasteiger partial charge in [-0.2, -0.15) is 0 Å². The standard InChI is InChI=1S/C38H22FN/c39-23-19-29-24-10-2-1-9-22(24)21-40-36(29)30(20-23)27-17-18-34-35(37(27)40)28-13-5-8-16-33(28)38(34)31-14-6-3-11-25(31)26-12-4-7-15-32(26)38/h1-20H,21H2. The van der Waals surface area contributed by atoms with Crippen LogP contribution in [0.3, 0.4) is 0 Å². The number of nitrogens with zero attached hydrogens (tertiary/aromatic N) is 1. The number of halogens is 1. The maximum absolute atomic E-state index is 15.2. The third-order valence-corrected chi connectivity index (χ3v) is 9.68. The Bertz CT molecular complexity index is 2220. The molecule has 0 radical (unpaired) electrons. The number of benzene rings is 6. The van der Waals surface area contributed by atoms with Crippen molar-refractivity contribution in [1.82, 2.24) is 4.57 Å². The van der Waals surface area contributed by atoms with Gasteiger partial charge >= 0.3 is 0 Å². The van der Waals surface area contributed by atoms with Crippen molar-refractivity contribution in [2.24, 2.45) is 0 Å². The molecule has 1 spiro atoms. The van der Waals surface area contributed by atoms with Gasteiger partial charge in [0.1, 0.15) is 5.82 Å². The van der Waals surface area contributed by atoms with Crippen molar-refractivity contribution in [3.8, 4) is 33.4 Å². The summed E-state index contributed by atoms with van der Waals surface area (Å²) in [7, 11) is 0. The SMILES string of the molecule is Fc1cc2c3c(c1)c1ccc4c(c1n3Cc1ccccc1-2)-c1ccccc1C41c2ccccc2-c2ccccc21. The first-order chi connectivity index (χ1) is 19.8. The molecule has 40 heavy (non-hydrogen) atoms. The van der Waals surface area contributed by atoms with Gasteiger partial charge in [-0.25, -0.2) is 4.39 Å². The van der Waals surface area contributed by atoms with Gasteiger partial charge in [0.25, 0.3) is 0 Å². The summed E-state index contributed by atoms with van der Waals surface area (Å²) in [6.45, 7) is 0.771. The van der Waals surface area contributed by atoms with E-state index in [1.807, 2.05) is 0 Å². The van der Waals surface area contributed by atoms with Crippen LogP contribution in [0.25, 0.3) is 55.2 Å². The zero-order chi connectivity index (χ0) is 26.2. The van der Waals surface area contributed by atoms with E-state index in [0.29, 0.717) is 0 Å². The molecule has 1 aromatic heterocycles. The van der Waals surface area contributed by atoms with E-state index in [2.05, 4.69) is 114 Å². The van der Waals surface area contributed by atoms with E-state index in [1.165, 1.54) is 55.6 Å². The van der Waals surface area contributed by atoms with E-state index in [9.17, 15) is 0 Å². The summed E-state index contributed by atoms with van der Waals surface area (Å²) in [5, 5.41) is 2.11. The van der Waals surface area contributed by atoms with Crippen molar-refractivity contribution in [3.05, 3.63) is 155 Å². The summed E-state index contributed by atoms with van der Waals surface area (Å²) in [4.78, 5) is 0. The van der Waals surface area contributed by atoms with Gasteiger partial charge in [0.05, 0.1) is 16.4 Å². The Morgan fingerprint density at radius 3 is 1.82 bits per heavy atom. The molecule has 1 nitrogen and oxygen atoms in total. The second kappa shape index (κ2) is 6.97. The summed E-state index contributed by atoms with van der Waals surface area (Å²) >= 11 is 0. The maximum atomic E-state index is 15.2. The van der Waals surface area contributed by atoms with E-state index < -0.39 is 0 Å². The maximum Gasteiger partial charge on any atom is 0.124 e. The van der Waals surface area contributed by atoms with Gasteiger partial charge in [0.2, 0.25) is 0 Å². The predicted octanol–water partition coefficient (Wildman–Crippen LogP) is 9.31. The van der Waals surface area contributed by atoms with Gasteiger partial charge in [-0.3, -0.25) is 0 Å². The highest BCUT2D eigenvalue weighted by Gasteiger charge is 2.52. The van der Waals surface area contributed by atoms with E-state index in [4.69, 9.17) is 0 Å². The van der Waals surface area contributed by atoms with E-state index >= 15 is 4.39 Å². The Morgan fingerprint density at radius 1 is 0.500 bits per heavy atom. The first-order valence-electron chi connectivity index (χ1n) is 13.9. The van der Waals surface area contributed by atoms with Gasteiger partial charge in [0, 0.05) is 28.4 Å². The number of hydrogen-bond acceptors (Lipinski definition) is 0. The summed E-state index contributed by atoms with van der Waals surface area (Å²) in [6, 6.07) is 43.2. The topological polar surface area (TPSA) is 4.93 Å².